The average Bonchev–Trinajstić information content (AvgIpc) is 2.38. The highest BCUT2D eigenvalue weighted by Gasteiger charge is 2.34. The molecule has 0 bridgehead atoms. The first-order valence-electron chi connectivity index (χ1n) is 8.10. The topological polar surface area (TPSA) is 26.0 Å². The molecular formula is C16H31N. The van der Waals surface area contributed by atoms with E-state index in [9.17, 15) is 0 Å². The fourth-order valence-corrected chi connectivity index (χ4v) is 4.00. The van der Waals surface area contributed by atoms with Crippen LogP contribution in [0.25, 0.3) is 0 Å². The van der Waals surface area contributed by atoms with E-state index in [2.05, 4.69) is 0 Å². The molecule has 0 unspecified atom stereocenters. The minimum absolute atomic E-state index is 0.206. The molecule has 0 aromatic heterocycles. The molecule has 0 aromatic carbocycles. The second-order valence-electron chi connectivity index (χ2n) is 6.54. The number of hydrogen-bond donors (Lipinski definition) is 1. The molecule has 0 amide bonds. The van der Waals surface area contributed by atoms with E-state index in [-0.39, 0.29) is 5.54 Å². The molecular weight excluding hydrogens is 206 g/mol. The largest absolute Gasteiger partial charge is 0.325 e. The summed E-state index contributed by atoms with van der Waals surface area (Å²) >= 11 is 0. The van der Waals surface area contributed by atoms with Gasteiger partial charge in [0.1, 0.15) is 0 Å². The molecule has 0 atom stereocenters. The predicted molar refractivity (Wildman–Crippen MR) is 75.0 cm³/mol. The van der Waals surface area contributed by atoms with Crippen LogP contribution in [0.3, 0.4) is 0 Å². The highest BCUT2D eigenvalue weighted by molar-refractivity contribution is 4.92. The van der Waals surface area contributed by atoms with E-state index in [4.69, 9.17) is 5.73 Å². The molecule has 2 aliphatic carbocycles. The van der Waals surface area contributed by atoms with E-state index in [0.717, 1.165) is 5.92 Å². The third-order valence-corrected chi connectivity index (χ3v) is 5.20. The predicted octanol–water partition coefficient (Wildman–Crippen LogP) is 4.79. The van der Waals surface area contributed by atoms with Crippen molar-refractivity contribution in [3.05, 3.63) is 0 Å². The molecule has 2 saturated carbocycles. The molecule has 2 aliphatic rings. The van der Waals surface area contributed by atoms with Crippen molar-refractivity contribution in [1.82, 2.24) is 0 Å². The summed E-state index contributed by atoms with van der Waals surface area (Å²) in [7, 11) is 0. The first-order chi connectivity index (χ1) is 8.31. The molecule has 2 fully saturated rings. The number of nitrogens with two attached hydrogens (primary N) is 1. The van der Waals surface area contributed by atoms with Crippen LogP contribution in [0.15, 0.2) is 0 Å². The molecule has 0 heterocycles. The molecule has 0 saturated heterocycles. The van der Waals surface area contributed by atoms with E-state index in [1.165, 1.54) is 89.9 Å². The van der Waals surface area contributed by atoms with Crippen LogP contribution in [0, 0.1) is 5.92 Å². The first kappa shape index (κ1) is 13.4. The maximum absolute atomic E-state index is 6.82. The van der Waals surface area contributed by atoms with Gasteiger partial charge in [-0.1, -0.05) is 64.2 Å². The second kappa shape index (κ2) is 6.78. The lowest BCUT2D eigenvalue weighted by molar-refractivity contribution is 0.170. The summed E-state index contributed by atoms with van der Waals surface area (Å²) in [5, 5.41) is 0. The summed E-state index contributed by atoms with van der Waals surface area (Å²) in [6, 6.07) is 0. The molecule has 0 aromatic rings. The van der Waals surface area contributed by atoms with Crippen LogP contribution in [-0.4, -0.2) is 5.54 Å². The Kier molecular flexibility index (Phi) is 5.34. The van der Waals surface area contributed by atoms with Crippen molar-refractivity contribution < 1.29 is 0 Å². The van der Waals surface area contributed by atoms with Gasteiger partial charge in [-0.05, 0) is 31.6 Å². The zero-order valence-corrected chi connectivity index (χ0v) is 11.6. The Hall–Kier alpha value is -0.0400. The lowest BCUT2D eigenvalue weighted by Gasteiger charge is -2.40. The van der Waals surface area contributed by atoms with E-state index < -0.39 is 0 Å². The summed E-state index contributed by atoms with van der Waals surface area (Å²) in [5.74, 6) is 0.843. The zero-order chi connectivity index (χ0) is 12.0. The Morgan fingerprint density at radius 1 is 0.588 bits per heavy atom. The van der Waals surface area contributed by atoms with Crippen LogP contribution in [0.1, 0.15) is 89.9 Å². The van der Waals surface area contributed by atoms with Crippen LogP contribution in [0.2, 0.25) is 0 Å². The highest BCUT2D eigenvalue weighted by atomic mass is 14.8. The molecule has 0 spiro atoms. The number of hydrogen-bond acceptors (Lipinski definition) is 1. The molecule has 17 heavy (non-hydrogen) atoms. The minimum Gasteiger partial charge on any atom is -0.325 e. The van der Waals surface area contributed by atoms with E-state index >= 15 is 0 Å². The SMILES string of the molecule is NC1(C2CCCCC2)CCCCCCCCC1. The van der Waals surface area contributed by atoms with Crippen molar-refractivity contribution in [2.75, 3.05) is 0 Å². The van der Waals surface area contributed by atoms with Crippen molar-refractivity contribution in [3.63, 3.8) is 0 Å². The van der Waals surface area contributed by atoms with Gasteiger partial charge in [0, 0.05) is 5.54 Å². The van der Waals surface area contributed by atoms with Gasteiger partial charge in [0.05, 0.1) is 0 Å². The van der Waals surface area contributed by atoms with E-state index in [1.807, 2.05) is 0 Å². The van der Waals surface area contributed by atoms with Gasteiger partial charge in [-0.15, -0.1) is 0 Å². The van der Waals surface area contributed by atoms with Gasteiger partial charge in [-0.2, -0.15) is 0 Å². The molecule has 100 valence electrons. The van der Waals surface area contributed by atoms with Crippen LogP contribution in [0.4, 0.5) is 0 Å². The summed E-state index contributed by atoms with van der Waals surface area (Å²) < 4.78 is 0. The van der Waals surface area contributed by atoms with E-state index in [1.54, 1.807) is 0 Å². The van der Waals surface area contributed by atoms with Crippen molar-refractivity contribution in [2.45, 2.75) is 95.4 Å². The van der Waals surface area contributed by atoms with Crippen LogP contribution in [-0.2, 0) is 0 Å². The maximum Gasteiger partial charge on any atom is 0.0182 e. The molecule has 1 heteroatoms. The molecule has 0 aliphatic heterocycles. The Morgan fingerprint density at radius 3 is 1.53 bits per heavy atom. The van der Waals surface area contributed by atoms with Gasteiger partial charge in [0.2, 0.25) is 0 Å². The quantitative estimate of drug-likeness (QED) is 0.697. The van der Waals surface area contributed by atoms with Gasteiger partial charge in [0.15, 0.2) is 0 Å². The maximum atomic E-state index is 6.82. The van der Waals surface area contributed by atoms with Crippen molar-refractivity contribution in [1.29, 1.82) is 0 Å². The standard InChI is InChI=1S/C16H31N/c17-16(15-11-7-6-8-12-15)13-9-4-2-1-3-5-10-14-16/h15H,1-14,17H2. The summed E-state index contributed by atoms with van der Waals surface area (Å²) in [5.41, 5.74) is 7.03. The molecule has 1 nitrogen and oxygen atoms in total. The third-order valence-electron chi connectivity index (χ3n) is 5.20. The normalized spacial score (nSPS) is 28.8. The fraction of sp³-hybridized carbons (Fsp3) is 1.00. The molecule has 2 rings (SSSR count). The number of rotatable bonds is 1. The monoisotopic (exact) mass is 237 g/mol. The van der Waals surface area contributed by atoms with Gasteiger partial charge >= 0.3 is 0 Å². The Bertz CT molecular complexity index is 196. The van der Waals surface area contributed by atoms with Gasteiger partial charge in [-0.25, -0.2) is 0 Å². The first-order valence-corrected chi connectivity index (χ1v) is 8.10. The smallest absolute Gasteiger partial charge is 0.0182 e. The van der Waals surface area contributed by atoms with Gasteiger partial charge in [-0.3, -0.25) is 0 Å². The van der Waals surface area contributed by atoms with Crippen molar-refractivity contribution in [2.24, 2.45) is 11.7 Å². The average molecular weight is 237 g/mol. The Labute approximate surface area is 108 Å². The van der Waals surface area contributed by atoms with Crippen LogP contribution < -0.4 is 5.73 Å². The lowest BCUT2D eigenvalue weighted by atomic mass is 9.70. The summed E-state index contributed by atoms with van der Waals surface area (Å²) in [4.78, 5) is 0. The fourth-order valence-electron chi connectivity index (χ4n) is 4.00. The van der Waals surface area contributed by atoms with Gasteiger partial charge < -0.3 is 5.73 Å². The molecule has 0 radical (unpaired) electrons. The molecule has 2 N–H and O–H groups in total. The zero-order valence-electron chi connectivity index (χ0n) is 11.6. The summed E-state index contributed by atoms with van der Waals surface area (Å²) in [6.45, 7) is 0. The van der Waals surface area contributed by atoms with Crippen molar-refractivity contribution >= 4 is 0 Å². The van der Waals surface area contributed by atoms with Crippen molar-refractivity contribution in [3.8, 4) is 0 Å². The highest BCUT2D eigenvalue weighted by Crippen LogP contribution is 2.38. The van der Waals surface area contributed by atoms with Crippen LogP contribution in [0.5, 0.6) is 0 Å². The van der Waals surface area contributed by atoms with E-state index in [0.29, 0.717) is 0 Å². The Morgan fingerprint density at radius 2 is 1.00 bits per heavy atom. The third kappa shape index (κ3) is 3.98. The second-order valence-corrected chi connectivity index (χ2v) is 6.54. The van der Waals surface area contributed by atoms with Gasteiger partial charge in [0.25, 0.3) is 0 Å². The minimum atomic E-state index is 0.206. The van der Waals surface area contributed by atoms with Crippen LogP contribution >= 0.6 is 0 Å². The lowest BCUT2D eigenvalue weighted by Crippen LogP contribution is -2.48. The Balaban J connectivity index is 1.91. The summed E-state index contributed by atoms with van der Waals surface area (Å²) in [6.07, 6.45) is 19.7.